The Kier molecular flexibility index (Phi) is 2.38. The molecule has 17 heavy (non-hydrogen) atoms. The van der Waals surface area contributed by atoms with E-state index in [-0.39, 0.29) is 5.41 Å². The largest absolute Gasteiger partial charge is 0.371 e. The maximum absolute atomic E-state index is 9.46. The van der Waals surface area contributed by atoms with Gasteiger partial charge in [-0.25, -0.2) is 0 Å². The van der Waals surface area contributed by atoms with Crippen LogP contribution in [0.1, 0.15) is 44.9 Å². The molecule has 0 N–H and O–H groups in total. The van der Waals surface area contributed by atoms with Crippen molar-refractivity contribution in [1.82, 2.24) is 0 Å². The van der Waals surface area contributed by atoms with Crippen LogP contribution in [0.15, 0.2) is 11.6 Å². The Bertz CT molecular complexity index is 426. The predicted molar refractivity (Wildman–Crippen MR) is 66.8 cm³/mol. The molecule has 0 heterocycles. The van der Waals surface area contributed by atoms with E-state index in [1.165, 1.54) is 31.3 Å². The normalized spacial score (nSPS) is 48.2. The smallest absolute Gasteiger partial charge is 0.164 e. The lowest BCUT2D eigenvalue weighted by molar-refractivity contribution is -0.0622. The van der Waals surface area contributed by atoms with E-state index in [0.29, 0.717) is 0 Å². The minimum Gasteiger partial charge on any atom is -0.371 e. The standard InChI is InChI=1S/C14H18ClNO/c1-17-14-7-6-12(9-13(14,15)10-16)5-3-2-4-11(12)8-14/h8H,2-7,9H2,1H3/t12-,13+,14+/m1/s1. The molecule has 4 aliphatic rings. The van der Waals surface area contributed by atoms with Crippen molar-refractivity contribution in [2.45, 2.75) is 55.4 Å². The summed E-state index contributed by atoms with van der Waals surface area (Å²) in [5, 5.41) is 9.46. The molecular formula is C14H18ClNO. The van der Waals surface area contributed by atoms with Gasteiger partial charge in [0.1, 0.15) is 5.60 Å². The van der Waals surface area contributed by atoms with Crippen LogP contribution in [0.5, 0.6) is 0 Å². The number of hydrogen-bond donors (Lipinski definition) is 0. The van der Waals surface area contributed by atoms with Gasteiger partial charge in [-0.15, -0.1) is 0 Å². The number of halogens is 1. The highest BCUT2D eigenvalue weighted by atomic mass is 35.5. The number of allylic oxidation sites excluding steroid dienone is 1. The first kappa shape index (κ1) is 11.6. The van der Waals surface area contributed by atoms with Crippen LogP contribution in [0, 0.1) is 16.7 Å². The molecule has 0 aromatic rings. The number of rotatable bonds is 1. The summed E-state index contributed by atoms with van der Waals surface area (Å²) >= 11 is 6.60. The molecule has 3 heteroatoms. The topological polar surface area (TPSA) is 33.0 Å². The zero-order valence-corrected chi connectivity index (χ0v) is 11.0. The summed E-state index contributed by atoms with van der Waals surface area (Å²) in [6.45, 7) is 0. The van der Waals surface area contributed by atoms with Crippen LogP contribution in [0.2, 0.25) is 0 Å². The van der Waals surface area contributed by atoms with Gasteiger partial charge in [0.05, 0.1) is 6.07 Å². The van der Waals surface area contributed by atoms with Gasteiger partial charge < -0.3 is 4.74 Å². The molecule has 2 fully saturated rings. The summed E-state index contributed by atoms with van der Waals surface area (Å²) < 4.78 is 5.69. The van der Waals surface area contributed by atoms with Crippen LogP contribution < -0.4 is 0 Å². The van der Waals surface area contributed by atoms with Gasteiger partial charge >= 0.3 is 0 Å². The van der Waals surface area contributed by atoms with Crippen LogP contribution in [-0.4, -0.2) is 17.6 Å². The third-order valence-electron chi connectivity index (χ3n) is 5.21. The average Bonchev–Trinajstić information content (AvgIpc) is 2.37. The Hall–Kier alpha value is -0.520. The van der Waals surface area contributed by atoms with Gasteiger partial charge in [-0.1, -0.05) is 29.7 Å². The third kappa shape index (κ3) is 1.30. The van der Waals surface area contributed by atoms with Crippen molar-refractivity contribution in [3.05, 3.63) is 11.6 Å². The molecule has 0 saturated heterocycles. The molecule has 0 unspecified atom stereocenters. The Labute approximate surface area is 108 Å². The van der Waals surface area contributed by atoms with E-state index in [4.69, 9.17) is 16.3 Å². The number of hydrogen-bond acceptors (Lipinski definition) is 2. The summed E-state index contributed by atoms with van der Waals surface area (Å²) in [6.07, 6.45) is 9.93. The average molecular weight is 252 g/mol. The highest BCUT2D eigenvalue weighted by Gasteiger charge is 2.63. The second-order valence-electron chi connectivity index (χ2n) is 5.84. The Morgan fingerprint density at radius 3 is 2.88 bits per heavy atom. The quantitative estimate of drug-likeness (QED) is 0.527. The zero-order chi connectivity index (χ0) is 12.1. The van der Waals surface area contributed by atoms with Crippen LogP contribution in [0.25, 0.3) is 0 Å². The summed E-state index contributed by atoms with van der Waals surface area (Å²) in [4.78, 5) is -0.860. The maximum Gasteiger partial charge on any atom is 0.164 e. The van der Waals surface area contributed by atoms with Gasteiger partial charge in [-0.05, 0) is 43.9 Å². The van der Waals surface area contributed by atoms with Crippen molar-refractivity contribution in [3.63, 3.8) is 0 Å². The van der Waals surface area contributed by atoms with Gasteiger partial charge in [0.25, 0.3) is 0 Å². The molecule has 92 valence electrons. The minimum atomic E-state index is -0.860. The molecule has 1 spiro atoms. The molecule has 2 bridgehead atoms. The summed E-state index contributed by atoms with van der Waals surface area (Å²) in [7, 11) is 1.69. The molecule has 2 nitrogen and oxygen atoms in total. The van der Waals surface area contributed by atoms with Gasteiger partial charge in [-0.3, -0.25) is 0 Å². The van der Waals surface area contributed by atoms with E-state index in [0.717, 1.165) is 19.3 Å². The SMILES string of the molecule is CO[C@]12C=C3CCCC[C@@]3(CC1)C[C@]2(Cl)C#N. The van der Waals surface area contributed by atoms with E-state index in [1.54, 1.807) is 7.11 Å². The summed E-state index contributed by atoms with van der Waals surface area (Å²) in [5.41, 5.74) is 1.19. The van der Waals surface area contributed by atoms with Crippen molar-refractivity contribution in [2.24, 2.45) is 5.41 Å². The fraction of sp³-hybridized carbons (Fsp3) is 0.786. The Balaban J connectivity index is 2.13. The number of ether oxygens (including phenoxy) is 1. The summed E-state index contributed by atoms with van der Waals surface area (Å²) in [6, 6.07) is 2.33. The van der Waals surface area contributed by atoms with Crippen molar-refractivity contribution < 1.29 is 4.74 Å². The number of alkyl halides is 1. The monoisotopic (exact) mass is 251 g/mol. The molecule has 4 rings (SSSR count). The van der Waals surface area contributed by atoms with Crippen LogP contribution in [-0.2, 0) is 4.74 Å². The van der Waals surface area contributed by atoms with Gasteiger partial charge in [0, 0.05) is 7.11 Å². The number of methoxy groups -OCH3 is 1. The maximum atomic E-state index is 9.46. The first-order valence-corrected chi connectivity index (χ1v) is 6.85. The second kappa shape index (κ2) is 3.49. The third-order valence-corrected chi connectivity index (χ3v) is 5.75. The Morgan fingerprint density at radius 1 is 1.35 bits per heavy atom. The van der Waals surface area contributed by atoms with E-state index < -0.39 is 10.5 Å². The lowest BCUT2D eigenvalue weighted by atomic mass is 9.51. The molecule has 3 atom stereocenters. The van der Waals surface area contributed by atoms with Crippen molar-refractivity contribution in [1.29, 1.82) is 5.26 Å². The van der Waals surface area contributed by atoms with Crippen molar-refractivity contribution >= 4 is 11.6 Å². The minimum absolute atomic E-state index is 0.218. The molecule has 0 aromatic carbocycles. The predicted octanol–water partition coefficient (Wildman–Crippen LogP) is 3.56. The lowest BCUT2D eigenvalue weighted by Gasteiger charge is -2.58. The fourth-order valence-corrected chi connectivity index (χ4v) is 4.65. The van der Waals surface area contributed by atoms with E-state index in [2.05, 4.69) is 12.1 Å². The molecule has 4 aliphatic carbocycles. The Morgan fingerprint density at radius 2 is 2.18 bits per heavy atom. The fourth-order valence-electron chi connectivity index (χ4n) is 4.17. The second-order valence-corrected chi connectivity index (χ2v) is 6.49. The van der Waals surface area contributed by atoms with Gasteiger partial charge in [0.2, 0.25) is 0 Å². The van der Waals surface area contributed by atoms with E-state index in [1.807, 2.05) is 0 Å². The molecule has 0 amide bonds. The van der Waals surface area contributed by atoms with Crippen molar-refractivity contribution in [3.8, 4) is 6.07 Å². The molecule has 0 radical (unpaired) electrons. The summed E-state index contributed by atoms with van der Waals surface area (Å²) in [5.74, 6) is 0. The van der Waals surface area contributed by atoms with Crippen molar-refractivity contribution in [2.75, 3.05) is 7.11 Å². The number of fused-ring (bicyclic) bond motifs is 2. The van der Waals surface area contributed by atoms with E-state index in [9.17, 15) is 5.26 Å². The molecule has 2 saturated carbocycles. The number of nitrogens with zero attached hydrogens (tertiary/aromatic N) is 1. The van der Waals surface area contributed by atoms with Crippen LogP contribution >= 0.6 is 11.6 Å². The van der Waals surface area contributed by atoms with E-state index >= 15 is 0 Å². The van der Waals surface area contributed by atoms with Gasteiger partial charge in [0.15, 0.2) is 4.87 Å². The van der Waals surface area contributed by atoms with Crippen LogP contribution in [0.4, 0.5) is 0 Å². The molecule has 0 aliphatic heterocycles. The van der Waals surface area contributed by atoms with Crippen LogP contribution in [0.3, 0.4) is 0 Å². The first-order chi connectivity index (χ1) is 8.10. The molecular weight excluding hydrogens is 234 g/mol. The number of nitriles is 1. The first-order valence-electron chi connectivity index (χ1n) is 6.47. The highest BCUT2D eigenvalue weighted by molar-refractivity contribution is 6.27. The lowest BCUT2D eigenvalue weighted by Crippen LogP contribution is -2.61. The van der Waals surface area contributed by atoms with Gasteiger partial charge in [-0.2, -0.15) is 5.26 Å². The molecule has 0 aromatic heterocycles. The highest BCUT2D eigenvalue weighted by Crippen LogP contribution is 2.63. The zero-order valence-electron chi connectivity index (χ0n) is 10.3.